The molecule has 8 heteroatoms. The summed E-state index contributed by atoms with van der Waals surface area (Å²) in [6, 6.07) is 2.51. The van der Waals surface area contributed by atoms with Gasteiger partial charge in [0.1, 0.15) is 0 Å². The topological polar surface area (TPSA) is 117 Å². The molecular formula is C10H11N3O5. The first-order valence-corrected chi connectivity index (χ1v) is 5.16. The highest BCUT2D eigenvalue weighted by Gasteiger charge is 2.35. The zero-order valence-corrected chi connectivity index (χ0v) is 9.24. The van der Waals surface area contributed by atoms with Gasteiger partial charge in [0.15, 0.2) is 0 Å². The van der Waals surface area contributed by atoms with Crippen LogP contribution in [0, 0.1) is 5.21 Å². The van der Waals surface area contributed by atoms with E-state index in [1.165, 1.54) is 6.07 Å². The van der Waals surface area contributed by atoms with E-state index in [1.54, 1.807) is 4.90 Å². The summed E-state index contributed by atoms with van der Waals surface area (Å²) in [6.45, 7) is 0.886. The van der Waals surface area contributed by atoms with Gasteiger partial charge in [0, 0.05) is 19.2 Å². The minimum absolute atomic E-state index is 0.0245. The van der Waals surface area contributed by atoms with Gasteiger partial charge in [-0.15, -0.1) is 4.73 Å². The Morgan fingerprint density at radius 3 is 3.00 bits per heavy atom. The number of carbonyl (C=O) groups excluding carboxylic acids is 1. The van der Waals surface area contributed by atoms with Crippen molar-refractivity contribution in [3.63, 3.8) is 0 Å². The molecule has 1 aliphatic rings. The van der Waals surface area contributed by atoms with Crippen LogP contribution in [0.15, 0.2) is 12.1 Å². The molecule has 0 radical (unpaired) electrons. The third-order valence-corrected chi connectivity index (χ3v) is 2.71. The fraction of sp³-hybridized carbons (Fsp3) is 0.300. The molecule has 2 heterocycles. The molecule has 8 nitrogen and oxygen atoms in total. The van der Waals surface area contributed by atoms with Crippen LogP contribution in [0.5, 0.6) is 5.88 Å². The number of carboxylic acids is 1. The molecule has 0 bridgehead atoms. The smallest absolute Gasteiger partial charge is 0.402 e. The molecule has 96 valence electrons. The van der Waals surface area contributed by atoms with Gasteiger partial charge in [-0.25, -0.2) is 4.79 Å². The van der Waals surface area contributed by atoms with Gasteiger partial charge in [-0.2, -0.15) is 0 Å². The van der Waals surface area contributed by atoms with Crippen molar-refractivity contribution in [1.82, 2.24) is 10.2 Å². The van der Waals surface area contributed by atoms with Crippen molar-refractivity contribution < 1.29 is 24.5 Å². The Morgan fingerprint density at radius 2 is 2.39 bits per heavy atom. The Kier molecular flexibility index (Phi) is 3.02. The van der Waals surface area contributed by atoms with Gasteiger partial charge in [-0.3, -0.25) is 9.69 Å². The predicted octanol–water partition coefficient (Wildman–Crippen LogP) is -1.39. The van der Waals surface area contributed by atoms with Gasteiger partial charge < -0.3 is 20.7 Å². The molecule has 3 N–H and O–H groups in total. The zero-order chi connectivity index (χ0) is 13.3. The second kappa shape index (κ2) is 4.49. The van der Waals surface area contributed by atoms with E-state index in [1.807, 2.05) is 0 Å². The number of rotatable bonds is 5. The average molecular weight is 253 g/mol. The molecule has 0 saturated carbocycles. The molecule has 1 saturated heterocycles. The maximum Gasteiger partial charge on any atom is 0.402 e. The summed E-state index contributed by atoms with van der Waals surface area (Å²) in [4.78, 5) is 22.6. The molecule has 2 unspecified atom stereocenters. The molecule has 2 atom stereocenters. The third-order valence-electron chi connectivity index (χ3n) is 2.71. The molecule has 1 fully saturated rings. The summed E-state index contributed by atoms with van der Waals surface area (Å²) in [5, 5.41) is 32.3. The number of nitrogens with zero attached hydrogens (tertiary/aromatic N) is 2. The van der Waals surface area contributed by atoms with Gasteiger partial charge in [-0.1, -0.05) is 0 Å². The second-order valence-corrected chi connectivity index (χ2v) is 3.90. The van der Waals surface area contributed by atoms with Crippen molar-refractivity contribution in [3.05, 3.63) is 28.6 Å². The normalized spacial score (nSPS) is 21.3. The zero-order valence-electron chi connectivity index (χ0n) is 9.24. The van der Waals surface area contributed by atoms with Gasteiger partial charge >= 0.3 is 17.5 Å². The number of aromatic carboxylic acids is 1. The lowest BCUT2D eigenvalue weighted by Crippen LogP contribution is -2.35. The summed E-state index contributed by atoms with van der Waals surface area (Å²) in [5.41, 5.74) is -0.227. The largest absolute Gasteiger partial charge is 0.615 e. The lowest BCUT2D eigenvalue weighted by Gasteiger charge is -2.07. The van der Waals surface area contributed by atoms with Crippen molar-refractivity contribution in [1.29, 1.82) is 0 Å². The Morgan fingerprint density at radius 1 is 1.67 bits per heavy atom. The highest BCUT2D eigenvalue weighted by atomic mass is 16.5. The monoisotopic (exact) mass is 253 g/mol. The van der Waals surface area contributed by atoms with Crippen molar-refractivity contribution in [2.45, 2.75) is 12.7 Å². The summed E-state index contributed by atoms with van der Waals surface area (Å²) in [5.74, 6) is -2.04. The van der Waals surface area contributed by atoms with Gasteiger partial charge in [0.2, 0.25) is 6.41 Å². The minimum Gasteiger partial charge on any atom is -0.615 e. The van der Waals surface area contributed by atoms with Crippen LogP contribution < -0.4 is 10.0 Å². The molecule has 1 amide bonds. The van der Waals surface area contributed by atoms with Crippen LogP contribution in [0.1, 0.15) is 16.1 Å². The number of carbonyl (C=O) groups is 2. The number of pyridine rings is 1. The van der Waals surface area contributed by atoms with E-state index in [9.17, 15) is 19.9 Å². The van der Waals surface area contributed by atoms with E-state index in [0.717, 1.165) is 6.07 Å². The van der Waals surface area contributed by atoms with Crippen LogP contribution in [-0.4, -0.2) is 40.2 Å². The van der Waals surface area contributed by atoms with E-state index in [4.69, 9.17) is 5.11 Å². The van der Waals surface area contributed by atoms with Crippen LogP contribution in [0.2, 0.25) is 0 Å². The summed E-state index contributed by atoms with van der Waals surface area (Å²) in [6.07, 6.45) is 0.479. The quantitative estimate of drug-likeness (QED) is 0.257. The minimum atomic E-state index is -1.40. The Bertz CT molecular complexity index is 505. The number of hydrogen-bond acceptors (Lipinski definition) is 5. The molecule has 1 aromatic heterocycles. The van der Waals surface area contributed by atoms with Crippen molar-refractivity contribution in [2.75, 3.05) is 6.54 Å². The average Bonchev–Trinajstić information content (AvgIpc) is 3.03. The number of amides is 1. The van der Waals surface area contributed by atoms with Crippen molar-refractivity contribution in [2.24, 2.45) is 0 Å². The summed E-state index contributed by atoms with van der Waals surface area (Å²) >= 11 is 0. The molecule has 1 aromatic rings. The van der Waals surface area contributed by atoms with E-state index in [0.29, 0.717) is 18.5 Å². The Balaban J connectivity index is 2.13. The van der Waals surface area contributed by atoms with Gasteiger partial charge in [0.05, 0.1) is 11.7 Å². The SMILES string of the molecule is O=CNC1CN1Cc1ccc(C(=O)O)[n+]([O-])c1O. The number of aromatic nitrogens is 1. The van der Waals surface area contributed by atoms with Crippen LogP contribution in [0.4, 0.5) is 0 Å². The van der Waals surface area contributed by atoms with Crippen LogP contribution in [0.25, 0.3) is 0 Å². The lowest BCUT2D eigenvalue weighted by atomic mass is 10.2. The first-order chi connectivity index (χ1) is 8.54. The highest BCUT2D eigenvalue weighted by molar-refractivity contribution is 5.83. The molecular weight excluding hydrogens is 242 g/mol. The maximum atomic E-state index is 11.4. The van der Waals surface area contributed by atoms with Gasteiger partial charge in [0.25, 0.3) is 0 Å². The molecule has 0 aromatic carbocycles. The summed E-state index contributed by atoms with van der Waals surface area (Å²) < 4.78 is -0.0245. The molecule has 18 heavy (non-hydrogen) atoms. The molecule has 2 rings (SSSR count). The fourth-order valence-corrected chi connectivity index (χ4v) is 1.65. The molecule has 0 aliphatic carbocycles. The van der Waals surface area contributed by atoms with E-state index < -0.39 is 17.5 Å². The molecule has 1 aliphatic heterocycles. The third kappa shape index (κ3) is 2.18. The van der Waals surface area contributed by atoms with Gasteiger partial charge in [-0.05, 0) is 6.07 Å². The van der Waals surface area contributed by atoms with Crippen LogP contribution in [-0.2, 0) is 11.3 Å². The Hall–Kier alpha value is -2.35. The van der Waals surface area contributed by atoms with E-state index in [-0.39, 0.29) is 17.4 Å². The van der Waals surface area contributed by atoms with Crippen LogP contribution in [0.3, 0.4) is 0 Å². The highest BCUT2D eigenvalue weighted by Crippen LogP contribution is 2.22. The summed E-state index contributed by atoms with van der Waals surface area (Å²) in [7, 11) is 0. The number of carboxylic acid groups (broad SMARTS) is 1. The standard InChI is InChI=1S/C10H11N3O5/c14-5-11-8-4-12(8)3-6-1-2-7(10(16)17)13(18)9(6)15/h1-2,5,8,15H,3-4H2,(H,11,14)(H,16,17). The van der Waals surface area contributed by atoms with Crippen LogP contribution >= 0.6 is 0 Å². The lowest BCUT2D eigenvalue weighted by molar-refractivity contribution is -0.616. The number of aromatic hydroxyl groups is 1. The van der Waals surface area contributed by atoms with Crippen molar-refractivity contribution in [3.8, 4) is 5.88 Å². The van der Waals surface area contributed by atoms with E-state index >= 15 is 0 Å². The second-order valence-electron chi connectivity index (χ2n) is 3.90. The predicted molar refractivity (Wildman–Crippen MR) is 57.4 cm³/mol. The fourth-order valence-electron chi connectivity index (χ4n) is 1.65. The maximum absolute atomic E-state index is 11.4. The van der Waals surface area contributed by atoms with E-state index in [2.05, 4.69) is 5.32 Å². The number of nitrogens with one attached hydrogen (secondary N) is 1. The number of hydrogen-bond donors (Lipinski definition) is 3. The Labute approximate surface area is 102 Å². The first-order valence-electron chi connectivity index (χ1n) is 5.16. The first kappa shape index (κ1) is 12.1. The molecule has 0 spiro atoms. The van der Waals surface area contributed by atoms with Crippen molar-refractivity contribution >= 4 is 12.4 Å².